The number of amides is 1. The van der Waals surface area contributed by atoms with Crippen molar-refractivity contribution in [1.29, 1.82) is 0 Å². The molecule has 1 amide bonds. The number of aromatic nitrogens is 1. The highest BCUT2D eigenvalue weighted by Gasteiger charge is 2.33. The molecule has 1 aliphatic heterocycles. The van der Waals surface area contributed by atoms with Gasteiger partial charge in [-0.05, 0) is 6.07 Å². The van der Waals surface area contributed by atoms with Crippen molar-refractivity contribution >= 4 is 5.91 Å². The molecule has 2 heterocycles. The van der Waals surface area contributed by atoms with Gasteiger partial charge in [0.05, 0.1) is 32.1 Å². The highest BCUT2D eigenvalue weighted by molar-refractivity contribution is 5.96. The van der Waals surface area contributed by atoms with E-state index in [0.717, 1.165) is 0 Å². The Morgan fingerprint density at radius 1 is 1.65 bits per heavy atom. The number of nitrogens with one attached hydrogen (secondary N) is 1. The van der Waals surface area contributed by atoms with E-state index in [9.17, 15) is 4.79 Å². The molecule has 0 radical (unpaired) electrons. The number of rotatable bonds is 4. The zero-order valence-corrected chi connectivity index (χ0v) is 10.0. The van der Waals surface area contributed by atoms with E-state index in [0.29, 0.717) is 31.1 Å². The summed E-state index contributed by atoms with van der Waals surface area (Å²) in [6.07, 6.45) is 3.11. The van der Waals surface area contributed by atoms with Crippen LogP contribution in [0.1, 0.15) is 17.3 Å². The van der Waals surface area contributed by atoms with Crippen molar-refractivity contribution in [1.82, 2.24) is 10.3 Å². The van der Waals surface area contributed by atoms with Gasteiger partial charge in [-0.1, -0.05) is 6.92 Å². The Bertz CT molecular complexity index is 416. The van der Waals surface area contributed by atoms with Crippen LogP contribution in [0.25, 0.3) is 0 Å². The maximum atomic E-state index is 12.0. The molecule has 0 atom stereocenters. The molecule has 0 aromatic carbocycles. The molecule has 0 saturated carbocycles. The predicted octanol–water partition coefficient (Wildman–Crippen LogP) is 0.856. The van der Waals surface area contributed by atoms with Gasteiger partial charge in [0.1, 0.15) is 5.75 Å². The number of carbonyl (C=O) groups is 1. The molecule has 1 aliphatic rings. The first-order valence-electron chi connectivity index (χ1n) is 5.49. The summed E-state index contributed by atoms with van der Waals surface area (Å²) in [5.74, 6) is 0.345. The average molecular weight is 236 g/mol. The van der Waals surface area contributed by atoms with Crippen LogP contribution in [0, 0.1) is 5.41 Å². The second kappa shape index (κ2) is 4.71. The van der Waals surface area contributed by atoms with Gasteiger partial charge in [-0.15, -0.1) is 0 Å². The molecule has 1 saturated heterocycles. The Balaban J connectivity index is 1.99. The zero-order chi connectivity index (χ0) is 12.3. The molecular weight excluding hydrogens is 220 g/mol. The number of carbonyl (C=O) groups excluding carboxylic acids is 1. The van der Waals surface area contributed by atoms with Crippen LogP contribution >= 0.6 is 0 Å². The lowest BCUT2D eigenvalue weighted by Gasteiger charge is -2.38. The Hall–Kier alpha value is -1.62. The van der Waals surface area contributed by atoms with E-state index < -0.39 is 0 Å². The Kier molecular flexibility index (Phi) is 3.28. The standard InChI is InChI=1S/C12H16N2O3/c1-12(7-17-8-12)6-14-11(15)9-3-4-13-5-10(9)16-2/h3-5H,6-8H2,1-2H3,(H,14,15). The summed E-state index contributed by atoms with van der Waals surface area (Å²) in [6.45, 7) is 4.08. The molecule has 2 rings (SSSR count). The summed E-state index contributed by atoms with van der Waals surface area (Å²) < 4.78 is 10.2. The fourth-order valence-corrected chi connectivity index (χ4v) is 1.67. The van der Waals surface area contributed by atoms with Gasteiger partial charge >= 0.3 is 0 Å². The van der Waals surface area contributed by atoms with E-state index in [2.05, 4.69) is 17.2 Å². The van der Waals surface area contributed by atoms with Gasteiger partial charge < -0.3 is 14.8 Å². The van der Waals surface area contributed by atoms with Crippen molar-refractivity contribution in [2.24, 2.45) is 5.41 Å². The monoisotopic (exact) mass is 236 g/mol. The lowest BCUT2D eigenvalue weighted by atomic mass is 9.88. The van der Waals surface area contributed by atoms with Crippen molar-refractivity contribution in [3.05, 3.63) is 24.0 Å². The van der Waals surface area contributed by atoms with Crippen molar-refractivity contribution < 1.29 is 14.3 Å². The summed E-state index contributed by atoms with van der Waals surface area (Å²) >= 11 is 0. The SMILES string of the molecule is COc1cnccc1C(=O)NCC1(C)COC1. The lowest BCUT2D eigenvalue weighted by molar-refractivity contribution is -0.0978. The molecule has 1 aromatic heterocycles. The van der Waals surface area contributed by atoms with Crippen molar-refractivity contribution in [2.45, 2.75) is 6.92 Å². The van der Waals surface area contributed by atoms with Gasteiger partial charge in [-0.25, -0.2) is 0 Å². The number of hydrogen-bond donors (Lipinski definition) is 1. The summed E-state index contributed by atoms with van der Waals surface area (Å²) in [5, 5.41) is 2.89. The topological polar surface area (TPSA) is 60.5 Å². The van der Waals surface area contributed by atoms with Crippen LogP contribution in [0.2, 0.25) is 0 Å². The van der Waals surface area contributed by atoms with Crippen LogP contribution < -0.4 is 10.1 Å². The highest BCUT2D eigenvalue weighted by atomic mass is 16.5. The van der Waals surface area contributed by atoms with Crippen molar-refractivity contribution in [2.75, 3.05) is 26.9 Å². The van der Waals surface area contributed by atoms with Crippen molar-refractivity contribution in [3.63, 3.8) is 0 Å². The minimum Gasteiger partial charge on any atom is -0.494 e. The van der Waals surface area contributed by atoms with Gasteiger partial charge in [0.25, 0.3) is 5.91 Å². The molecule has 5 heteroatoms. The van der Waals surface area contributed by atoms with Gasteiger partial charge in [-0.2, -0.15) is 0 Å². The van der Waals surface area contributed by atoms with E-state index in [-0.39, 0.29) is 11.3 Å². The number of pyridine rings is 1. The summed E-state index contributed by atoms with van der Waals surface area (Å²) in [4.78, 5) is 15.9. The smallest absolute Gasteiger partial charge is 0.255 e. The van der Waals surface area contributed by atoms with Crippen LogP contribution in [0.4, 0.5) is 0 Å². The van der Waals surface area contributed by atoms with Crippen LogP contribution in [0.5, 0.6) is 5.75 Å². The fourth-order valence-electron chi connectivity index (χ4n) is 1.67. The van der Waals surface area contributed by atoms with Gasteiger partial charge in [0.15, 0.2) is 0 Å². The third-order valence-electron chi connectivity index (χ3n) is 2.83. The first-order valence-corrected chi connectivity index (χ1v) is 5.49. The van der Waals surface area contributed by atoms with E-state index in [1.165, 1.54) is 13.3 Å². The number of hydrogen-bond acceptors (Lipinski definition) is 4. The van der Waals surface area contributed by atoms with E-state index in [1.807, 2.05) is 0 Å². The molecule has 0 bridgehead atoms. The van der Waals surface area contributed by atoms with Crippen LogP contribution in [-0.2, 0) is 4.74 Å². The zero-order valence-electron chi connectivity index (χ0n) is 10.0. The Labute approximate surface area is 100 Å². The predicted molar refractivity (Wildman–Crippen MR) is 62.0 cm³/mol. The maximum Gasteiger partial charge on any atom is 0.255 e. The second-order valence-corrected chi connectivity index (χ2v) is 4.56. The van der Waals surface area contributed by atoms with Gasteiger partial charge in [-0.3, -0.25) is 9.78 Å². The number of methoxy groups -OCH3 is 1. The van der Waals surface area contributed by atoms with Gasteiger partial charge in [0.2, 0.25) is 0 Å². The van der Waals surface area contributed by atoms with E-state index in [1.54, 1.807) is 12.3 Å². The second-order valence-electron chi connectivity index (χ2n) is 4.56. The molecule has 0 spiro atoms. The minimum absolute atomic E-state index is 0.0654. The average Bonchev–Trinajstić information content (AvgIpc) is 2.33. The normalized spacial score (nSPS) is 17.1. The molecular formula is C12H16N2O3. The third-order valence-corrected chi connectivity index (χ3v) is 2.83. The Morgan fingerprint density at radius 3 is 3.00 bits per heavy atom. The minimum atomic E-state index is -0.141. The summed E-state index contributed by atoms with van der Waals surface area (Å²) in [7, 11) is 1.52. The van der Waals surface area contributed by atoms with Crippen LogP contribution in [0.3, 0.4) is 0 Å². The van der Waals surface area contributed by atoms with E-state index >= 15 is 0 Å². The summed E-state index contributed by atoms with van der Waals surface area (Å²) in [5.41, 5.74) is 0.571. The molecule has 17 heavy (non-hydrogen) atoms. The first-order chi connectivity index (χ1) is 8.14. The number of ether oxygens (including phenoxy) is 2. The molecule has 0 unspecified atom stereocenters. The molecule has 5 nitrogen and oxygen atoms in total. The lowest BCUT2D eigenvalue weighted by Crippen LogP contribution is -2.48. The number of nitrogens with zero attached hydrogens (tertiary/aromatic N) is 1. The summed E-state index contributed by atoms with van der Waals surface area (Å²) in [6, 6.07) is 1.65. The first kappa shape index (κ1) is 11.9. The molecule has 92 valence electrons. The molecule has 0 aliphatic carbocycles. The highest BCUT2D eigenvalue weighted by Crippen LogP contribution is 2.25. The Morgan fingerprint density at radius 2 is 2.41 bits per heavy atom. The van der Waals surface area contributed by atoms with Crippen LogP contribution in [-0.4, -0.2) is 37.8 Å². The quantitative estimate of drug-likeness (QED) is 0.842. The molecule has 1 aromatic rings. The fraction of sp³-hybridized carbons (Fsp3) is 0.500. The van der Waals surface area contributed by atoms with Gasteiger partial charge in [0, 0.05) is 18.2 Å². The van der Waals surface area contributed by atoms with Crippen molar-refractivity contribution in [3.8, 4) is 5.75 Å². The third kappa shape index (κ3) is 2.55. The maximum absolute atomic E-state index is 12.0. The molecule has 1 fully saturated rings. The largest absolute Gasteiger partial charge is 0.494 e. The van der Waals surface area contributed by atoms with Crippen LogP contribution in [0.15, 0.2) is 18.5 Å². The molecule has 1 N–H and O–H groups in total. The van der Waals surface area contributed by atoms with E-state index in [4.69, 9.17) is 9.47 Å².